The summed E-state index contributed by atoms with van der Waals surface area (Å²) in [7, 11) is 0.245. The maximum Gasteiger partial charge on any atom is 0.219 e. The number of rotatable bonds is 5. The van der Waals surface area contributed by atoms with Crippen molar-refractivity contribution >= 4 is 27.7 Å². The van der Waals surface area contributed by atoms with Gasteiger partial charge in [0.15, 0.2) is 0 Å². The van der Waals surface area contributed by atoms with Crippen molar-refractivity contribution < 1.29 is 13.7 Å². The van der Waals surface area contributed by atoms with Crippen LogP contribution in [-0.4, -0.2) is 32.6 Å². The zero-order valence-corrected chi connectivity index (χ0v) is 15.8. The fourth-order valence-corrected chi connectivity index (χ4v) is 4.96. The Labute approximate surface area is 160 Å². The number of carbonyl (C=O) groups is 1. The summed E-state index contributed by atoms with van der Waals surface area (Å²) in [5.74, 6) is 0.386. The van der Waals surface area contributed by atoms with Crippen LogP contribution in [0.2, 0.25) is 0 Å². The molecule has 140 valence electrons. The van der Waals surface area contributed by atoms with Crippen molar-refractivity contribution in [3.63, 3.8) is 0 Å². The molecule has 0 saturated carbocycles. The van der Waals surface area contributed by atoms with Crippen molar-refractivity contribution in [2.24, 2.45) is 5.73 Å². The van der Waals surface area contributed by atoms with E-state index >= 15 is 0 Å². The molecule has 0 radical (unpaired) electrons. The van der Waals surface area contributed by atoms with Crippen LogP contribution in [0.5, 0.6) is 5.75 Å². The first kappa shape index (κ1) is 17.8. The fourth-order valence-electron chi connectivity index (χ4n) is 3.61. The highest BCUT2D eigenvalue weighted by Crippen LogP contribution is 2.33. The molecule has 2 N–H and O–H groups in total. The lowest BCUT2D eigenvalue weighted by atomic mass is 10.1. The first-order chi connectivity index (χ1) is 13.1. The lowest BCUT2D eigenvalue weighted by Gasteiger charge is -2.35. The summed E-state index contributed by atoms with van der Waals surface area (Å²) in [4.78, 5) is 12.3. The van der Waals surface area contributed by atoms with Gasteiger partial charge in [-0.1, -0.05) is 12.1 Å². The predicted molar refractivity (Wildman–Crippen MR) is 105 cm³/mol. The number of methoxy groups -OCH3 is 1. The molecule has 7 heteroatoms. The Kier molecular flexibility index (Phi) is 4.72. The predicted octanol–water partition coefficient (Wildman–Crippen LogP) is 2.60. The molecule has 0 aliphatic carbocycles. The van der Waals surface area contributed by atoms with Crippen molar-refractivity contribution in [2.75, 3.05) is 13.7 Å². The van der Waals surface area contributed by atoms with Crippen molar-refractivity contribution in [1.82, 2.24) is 8.87 Å². The van der Waals surface area contributed by atoms with Gasteiger partial charge >= 0.3 is 0 Å². The molecule has 0 bridgehead atoms. The number of hydrogen-bond donors (Lipinski definition) is 1. The number of nitrogens with zero attached hydrogens (tertiary/aromatic N) is 2. The highest BCUT2D eigenvalue weighted by atomic mass is 32.2. The fraction of sp³-hybridized carbons (Fsp3) is 0.250. The first-order valence-electron chi connectivity index (χ1n) is 8.76. The molecule has 1 aliphatic heterocycles. The lowest BCUT2D eigenvalue weighted by molar-refractivity contribution is -0.119. The molecular weight excluding hydrogens is 362 g/mol. The van der Waals surface area contributed by atoms with Crippen LogP contribution in [-0.2, 0) is 22.3 Å². The van der Waals surface area contributed by atoms with Crippen LogP contribution in [0.4, 0.5) is 0 Å². The quantitative estimate of drug-likeness (QED) is 0.736. The minimum absolute atomic E-state index is 0.139. The van der Waals surface area contributed by atoms with E-state index in [1.54, 1.807) is 7.11 Å². The summed E-state index contributed by atoms with van der Waals surface area (Å²) in [5.41, 5.74) is 6.44. The number of ether oxygens (including phenoxy) is 1. The molecule has 27 heavy (non-hydrogen) atoms. The number of fused-ring (bicyclic) bond motifs is 2. The van der Waals surface area contributed by atoms with Crippen LogP contribution < -0.4 is 10.5 Å². The van der Waals surface area contributed by atoms with E-state index < -0.39 is 16.9 Å². The molecule has 2 aromatic carbocycles. The minimum atomic E-state index is -1.39. The van der Waals surface area contributed by atoms with E-state index in [9.17, 15) is 9.00 Å². The summed E-state index contributed by atoms with van der Waals surface area (Å²) >= 11 is 0. The summed E-state index contributed by atoms with van der Waals surface area (Å²) in [5, 5.41) is 2.02. The van der Waals surface area contributed by atoms with Gasteiger partial charge in [0.05, 0.1) is 18.0 Å². The van der Waals surface area contributed by atoms with Crippen LogP contribution in [0.1, 0.15) is 18.2 Å². The van der Waals surface area contributed by atoms with Gasteiger partial charge in [-0.05, 0) is 47.2 Å². The zero-order chi connectivity index (χ0) is 19.0. The normalized spacial score (nSPS) is 18.2. The van der Waals surface area contributed by atoms with Gasteiger partial charge in [0, 0.05) is 31.4 Å². The minimum Gasteiger partial charge on any atom is -0.497 e. The molecule has 1 amide bonds. The Morgan fingerprint density at radius 3 is 2.74 bits per heavy atom. The van der Waals surface area contributed by atoms with Crippen LogP contribution in [0.3, 0.4) is 0 Å². The van der Waals surface area contributed by atoms with Crippen molar-refractivity contribution in [1.29, 1.82) is 0 Å². The second-order valence-corrected chi connectivity index (χ2v) is 8.02. The smallest absolute Gasteiger partial charge is 0.219 e. The molecule has 2 atom stereocenters. The SMILES string of the molecule is COc1ccc2cc(S(=O)N3CCn4cccc4C3CC(N)=O)ccc2c1. The number of benzene rings is 2. The summed E-state index contributed by atoms with van der Waals surface area (Å²) in [6.07, 6.45) is 2.12. The van der Waals surface area contributed by atoms with Gasteiger partial charge in [0.25, 0.3) is 0 Å². The Morgan fingerprint density at radius 2 is 1.96 bits per heavy atom. The molecular formula is C20H21N3O3S. The number of primary amides is 1. The van der Waals surface area contributed by atoms with E-state index in [1.165, 1.54) is 0 Å². The van der Waals surface area contributed by atoms with Crippen LogP contribution in [0.25, 0.3) is 10.8 Å². The number of nitrogens with two attached hydrogens (primary N) is 1. The van der Waals surface area contributed by atoms with E-state index in [-0.39, 0.29) is 12.5 Å². The molecule has 0 fully saturated rings. The van der Waals surface area contributed by atoms with Gasteiger partial charge in [0.2, 0.25) is 5.91 Å². The number of amides is 1. The average Bonchev–Trinajstić information content (AvgIpc) is 3.16. The number of aromatic nitrogens is 1. The third kappa shape index (κ3) is 3.36. The Morgan fingerprint density at radius 1 is 1.19 bits per heavy atom. The molecule has 6 nitrogen and oxygen atoms in total. The monoisotopic (exact) mass is 383 g/mol. The van der Waals surface area contributed by atoms with Crippen molar-refractivity contribution in [2.45, 2.75) is 23.9 Å². The lowest BCUT2D eigenvalue weighted by Crippen LogP contribution is -2.40. The molecule has 0 spiro atoms. The molecule has 1 aromatic heterocycles. The summed E-state index contributed by atoms with van der Waals surface area (Å²) in [6, 6.07) is 15.1. The first-order valence-corrected chi connectivity index (χ1v) is 9.87. The maximum atomic E-state index is 13.3. The number of carbonyl (C=O) groups excluding carboxylic acids is 1. The van der Waals surface area contributed by atoms with E-state index in [0.717, 1.165) is 28.8 Å². The van der Waals surface area contributed by atoms with Gasteiger partial charge in [0.1, 0.15) is 16.7 Å². The number of hydrogen-bond acceptors (Lipinski definition) is 3. The Bertz CT molecular complexity index is 1030. The molecule has 4 rings (SSSR count). The molecule has 2 heterocycles. The standard InChI is InChI=1S/C20H21N3O3S/c1-26-16-6-4-15-12-17(7-5-14(15)11-16)27(25)23-10-9-22-8-2-3-18(22)19(23)13-20(21)24/h2-8,11-12,19H,9-10,13H2,1H3,(H2,21,24). The van der Waals surface area contributed by atoms with E-state index in [2.05, 4.69) is 4.57 Å². The molecule has 3 aromatic rings. The second-order valence-electron chi connectivity index (χ2n) is 6.58. The topological polar surface area (TPSA) is 77.6 Å². The van der Waals surface area contributed by atoms with Gasteiger partial charge in [-0.15, -0.1) is 0 Å². The maximum absolute atomic E-state index is 13.3. The Balaban J connectivity index is 1.68. The third-order valence-electron chi connectivity index (χ3n) is 4.94. The van der Waals surface area contributed by atoms with E-state index in [1.807, 2.05) is 59.0 Å². The van der Waals surface area contributed by atoms with E-state index in [0.29, 0.717) is 11.4 Å². The van der Waals surface area contributed by atoms with Crippen molar-refractivity contribution in [3.8, 4) is 5.75 Å². The van der Waals surface area contributed by atoms with Crippen LogP contribution in [0, 0.1) is 0 Å². The average molecular weight is 383 g/mol. The van der Waals surface area contributed by atoms with Crippen LogP contribution in [0.15, 0.2) is 59.6 Å². The van der Waals surface area contributed by atoms with Crippen molar-refractivity contribution in [3.05, 3.63) is 60.4 Å². The Hall–Kier alpha value is -2.64. The van der Waals surface area contributed by atoms with E-state index in [4.69, 9.17) is 10.5 Å². The molecule has 2 unspecified atom stereocenters. The second kappa shape index (κ2) is 7.17. The van der Waals surface area contributed by atoms with Crippen LogP contribution >= 0.6 is 0 Å². The van der Waals surface area contributed by atoms with Gasteiger partial charge in [-0.25, -0.2) is 8.51 Å². The highest BCUT2D eigenvalue weighted by molar-refractivity contribution is 7.82. The third-order valence-corrected chi connectivity index (χ3v) is 6.46. The molecule has 1 aliphatic rings. The molecule has 0 saturated heterocycles. The zero-order valence-electron chi connectivity index (χ0n) is 15.0. The highest BCUT2D eigenvalue weighted by Gasteiger charge is 2.32. The summed E-state index contributed by atoms with van der Waals surface area (Å²) < 4.78 is 22.6. The largest absolute Gasteiger partial charge is 0.497 e. The summed E-state index contributed by atoms with van der Waals surface area (Å²) in [6.45, 7) is 1.32. The van der Waals surface area contributed by atoms with Gasteiger partial charge < -0.3 is 15.0 Å². The van der Waals surface area contributed by atoms with Gasteiger partial charge in [-0.2, -0.15) is 0 Å². The van der Waals surface area contributed by atoms with Gasteiger partial charge in [-0.3, -0.25) is 4.79 Å².